The molecule has 0 aliphatic heterocycles. The summed E-state index contributed by atoms with van der Waals surface area (Å²) in [5.41, 5.74) is 12.5. The molecule has 0 nitrogen and oxygen atoms in total. The van der Waals surface area contributed by atoms with Crippen molar-refractivity contribution in [2.75, 3.05) is 0 Å². The lowest BCUT2D eigenvalue weighted by Crippen LogP contribution is -2.30. The highest BCUT2D eigenvalue weighted by Crippen LogP contribution is 2.43. The molecule has 176 valence electrons. The van der Waals surface area contributed by atoms with E-state index in [1.807, 2.05) is 0 Å². The van der Waals surface area contributed by atoms with E-state index >= 15 is 0 Å². The molecule has 0 radical (unpaired) electrons. The van der Waals surface area contributed by atoms with Gasteiger partial charge in [-0.05, 0) is 129 Å². The van der Waals surface area contributed by atoms with Crippen LogP contribution in [0.25, 0.3) is 28.0 Å². The molecule has 0 fully saturated rings. The fourth-order valence-corrected chi connectivity index (χ4v) is 7.70. The summed E-state index contributed by atoms with van der Waals surface area (Å²) < 4.78 is 0. The maximum atomic E-state index is 2.57. The van der Waals surface area contributed by atoms with Gasteiger partial charge in [-0.25, -0.2) is 0 Å². The summed E-state index contributed by atoms with van der Waals surface area (Å²) in [4.78, 5) is 0. The van der Waals surface area contributed by atoms with Gasteiger partial charge in [0.15, 0.2) is 0 Å². The van der Waals surface area contributed by atoms with Crippen molar-refractivity contribution in [2.24, 2.45) is 5.92 Å². The molecule has 0 aromatic heterocycles. The smallest absolute Gasteiger partial charge is 0.00616 e. The molecule has 2 aromatic rings. The first-order valence-electron chi connectivity index (χ1n) is 14.0. The highest BCUT2D eigenvalue weighted by Gasteiger charge is 2.30. The minimum absolute atomic E-state index is 0.535. The predicted molar refractivity (Wildman–Crippen MR) is 153 cm³/mol. The first-order chi connectivity index (χ1) is 17.8. The van der Waals surface area contributed by atoms with E-state index in [4.69, 9.17) is 0 Å². The van der Waals surface area contributed by atoms with Gasteiger partial charge in [-0.2, -0.15) is 0 Å². The van der Waals surface area contributed by atoms with Gasteiger partial charge in [-0.15, -0.1) is 0 Å². The van der Waals surface area contributed by atoms with Crippen LogP contribution < -0.4 is 10.4 Å². The van der Waals surface area contributed by atoms with Crippen LogP contribution in [0.3, 0.4) is 0 Å². The topological polar surface area (TPSA) is 0 Å². The monoisotopic (exact) mass is 464 g/mol. The van der Waals surface area contributed by atoms with E-state index in [2.05, 4.69) is 85.0 Å². The minimum atomic E-state index is 0.535. The maximum absolute atomic E-state index is 2.57. The molecule has 0 spiro atoms. The van der Waals surface area contributed by atoms with Gasteiger partial charge >= 0.3 is 0 Å². The number of fused-ring (bicyclic) bond motifs is 1. The van der Waals surface area contributed by atoms with Crippen molar-refractivity contribution in [2.45, 2.75) is 57.3 Å². The van der Waals surface area contributed by atoms with Crippen molar-refractivity contribution in [3.8, 4) is 0 Å². The standard InChI is InChI=1S/C36H32/c1-3-9-25-19-27(17-15-23(25)7-1)33-21-29-11-6-14-32-34(22-30-12-5-13-31(33)35(30)36(29)32)28-18-16-24-8-2-4-10-26(24)20-28/h1-3,5,7-9,12-15,17,20,22,25,29H,4,6,10-11,16,18-19,21H2. The predicted octanol–water partition coefficient (Wildman–Crippen LogP) is 7.87. The van der Waals surface area contributed by atoms with Crippen LogP contribution >= 0.6 is 0 Å². The second kappa shape index (κ2) is 8.07. The zero-order valence-corrected chi connectivity index (χ0v) is 20.9. The largest absolute Gasteiger partial charge is 0.0839 e. The number of allylic oxidation sites excluding steroid dienone is 14. The number of hydrogen-bond acceptors (Lipinski definition) is 0. The van der Waals surface area contributed by atoms with Gasteiger partial charge in [0.2, 0.25) is 0 Å². The average molecular weight is 465 g/mol. The first-order valence-corrected chi connectivity index (χ1v) is 14.0. The molecule has 0 saturated carbocycles. The summed E-state index contributed by atoms with van der Waals surface area (Å²) in [5, 5.41) is 6.05. The fraction of sp³-hybridized carbons (Fsp3) is 0.278. The quantitative estimate of drug-likeness (QED) is 0.424. The van der Waals surface area contributed by atoms with E-state index in [9.17, 15) is 0 Å². The Balaban J connectivity index is 1.35. The van der Waals surface area contributed by atoms with Gasteiger partial charge in [0.25, 0.3) is 0 Å². The normalized spacial score (nSPS) is 25.7. The molecule has 6 aliphatic carbocycles. The van der Waals surface area contributed by atoms with E-state index in [-0.39, 0.29) is 0 Å². The van der Waals surface area contributed by atoms with Gasteiger partial charge in [0, 0.05) is 5.92 Å². The van der Waals surface area contributed by atoms with E-state index in [0.29, 0.717) is 11.8 Å². The van der Waals surface area contributed by atoms with Crippen molar-refractivity contribution in [1.29, 1.82) is 0 Å². The van der Waals surface area contributed by atoms with E-state index in [1.165, 1.54) is 66.7 Å². The summed E-state index contributed by atoms with van der Waals surface area (Å²) >= 11 is 0. The summed E-state index contributed by atoms with van der Waals surface area (Å²) in [6.45, 7) is 0. The van der Waals surface area contributed by atoms with Gasteiger partial charge < -0.3 is 0 Å². The fourth-order valence-electron chi connectivity index (χ4n) is 7.70. The number of benzene rings is 2. The van der Waals surface area contributed by atoms with Gasteiger partial charge in [-0.1, -0.05) is 79.0 Å². The number of hydrogen-bond donors (Lipinski definition) is 0. The van der Waals surface area contributed by atoms with Crippen LogP contribution in [0.4, 0.5) is 0 Å². The molecule has 0 amide bonds. The molecule has 0 heterocycles. The van der Waals surface area contributed by atoms with Crippen LogP contribution in [-0.4, -0.2) is 0 Å². The van der Waals surface area contributed by atoms with E-state index in [0.717, 1.165) is 6.42 Å². The maximum Gasteiger partial charge on any atom is 0.00616 e. The Morgan fingerprint density at radius 1 is 0.833 bits per heavy atom. The SMILES string of the molecule is C1=CC2=CC=C(C3=c4cccc5cc(C6=CC7=C(C=CCC7)CC6)c6c(c45)C(CCC=6)C3)CC2C=C1. The summed E-state index contributed by atoms with van der Waals surface area (Å²) in [6, 6.07) is 9.62. The Morgan fingerprint density at radius 2 is 1.83 bits per heavy atom. The molecule has 2 unspecified atom stereocenters. The lowest BCUT2D eigenvalue weighted by molar-refractivity contribution is 0.633. The second-order valence-electron chi connectivity index (χ2n) is 11.4. The molecule has 0 saturated heterocycles. The van der Waals surface area contributed by atoms with E-state index < -0.39 is 0 Å². The van der Waals surface area contributed by atoms with E-state index in [1.54, 1.807) is 44.0 Å². The van der Waals surface area contributed by atoms with Crippen molar-refractivity contribution in [3.05, 3.63) is 123 Å². The summed E-state index contributed by atoms with van der Waals surface area (Å²) in [5.74, 6) is 1.18. The lowest BCUT2D eigenvalue weighted by atomic mass is 9.71. The van der Waals surface area contributed by atoms with Crippen LogP contribution in [0.15, 0.2) is 101 Å². The Morgan fingerprint density at radius 3 is 2.83 bits per heavy atom. The van der Waals surface area contributed by atoms with Crippen LogP contribution in [0, 0.1) is 5.92 Å². The third-order valence-corrected chi connectivity index (χ3v) is 9.44. The van der Waals surface area contributed by atoms with Crippen LogP contribution in [0.2, 0.25) is 0 Å². The highest BCUT2D eigenvalue weighted by atomic mass is 14.3. The molecule has 6 aliphatic rings. The minimum Gasteiger partial charge on any atom is -0.0839 e. The molecule has 0 bridgehead atoms. The van der Waals surface area contributed by atoms with Crippen molar-refractivity contribution >= 4 is 28.0 Å². The third kappa shape index (κ3) is 3.13. The number of rotatable bonds is 2. The molecular formula is C36H32. The van der Waals surface area contributed by atoms with Gasteiger partial charge in [0.1, 0.15) is 0 Å². The van der Waals surface area contributed by atoms with Crippen LogP contribution in [-0.2, 0) is 0 Å². The summed E-state index contributed by atoms with van der Waals surface area (Å²) in [6.07, 6.45) is 33.3. The molecular weight excluding hydrogens is 432 g/mol. The lowest BCUT2D eigenvalue weighted by Gasteiger charge is -2.33. The van der Waals surface area contributed by atoms with Crippen LogP contribution in [0.1, 0.15) is 68.4 Å². The van der Waals surface area contributed by atoms with Gasteiger partial charge in [0.05, 0.1) is 0 Å². The molecule has 8 rings (SSSR count). The molecule has 0 heteroatoms. The van der Waals surface area contributed by atoms with Crippen molar-refractivity contribution in [3.63, 3.8) is 0 Å². The Bertz CT molecular complexity index is 1670. The molecule has 2 atom stereocenters. The second-order valence-corrected chi connectivity index (χ2v) is 11.4. The zero-order chi connectivity index (χ0) is 23.6. The highest BCUT2D eigenvalue weighted by molar-refractivity contribution is 5.95. The van der Waals surface area contributed by atoms with Crippen LogP contribution in [0.5, 0.6) is 0 Å². The molecule has 36 heavy (non-hydrogen) atoms. The first kappa shape index (κ1) is 20.8. The zero-order valence-electron chi connectivity index (χ0n) is 20.9. The Kier molecular flexibility index (Phi) is 4.66. The third-order valence-electron chi connectivity index (χ3n) is 9.44. The van der Waals surface area contributed by atoms with Crippen molar-refractivity contribution in [1.82, 2.24) is 0 Å². The average Bonchev–Trinajstić information content (AvgIpc) is 2.95. The molecule has 2 aromatic carbocycles. The van der Waals surface area contributed by atoms with Gasteiger partial charge in [-0.3, -0.25) is 0 Å². The molecule has 0 N–H and O–H groups in total. The van der Waals surface area contributed by atoms with Crippen molar-refractivity contribution < 1.29 is 0 Å². The summed E-state index contributed by atoms with van der Waals surface area (Å²) in [7, 11) is 0. The Labute approximate surface area is 213 Å². The Hall–Kier alpha value is -3.38.